The first-order valence-corrected chi connectivity index (χ1v) is 6.56. The summed E-state index contributed by atoms with van der Waals surface area (Å²) in [5, 5.41) is 3.29. The minimum Gasteiger partial charge on any atom is -0.331 e. The van der Waals surface area contributed by atoms with E-state index in [9.17, 15) is 13.2 Å². The fourth-order valence-electron chi connectivity index (χ4n) is 2.92. The molecule has 1 atom stereocenters. The molecule has 1 N–H and O–H groups in total. The quantitative estimate of drug-likeness (QED) is 0.872. The highest BCUT2D eigenvalue weighted by Gasteiger charge is 2.36. The van der Waals surface area contributed by atoms with Gasteiger partial charge in [-0.25, -0.2) is 4.98 Å². The van der Waals surface area contributed by atoms with Gasteiger partial charge in [0.15, 0.2) is 0 Å². The number of hydrogen-bond acceptors (Lipinski definition) is 2. The van der Waals surface area contributed by atoms with Crippen molar-refractivity contribution >= 4 is 11.0 Å². The lowest BCUT2D eigenvalue weighted by atomic mass is 9.89. The van der Waals surface area contributed by atoms with E-state index in [1.165, 1.54) is 6.07 Å². The number of nitrogens with one attached hydrogen (secondary N) is 1. The van der Waals surface area contributed by atoms with Crippen LogP contribution in [0.25, 0.3) is 11.0 Å². The highest BCUT2D eigenvalue weighted by Crippen LogP contribution is 2.34. The van der Waals surface area contributed by atoms with Crippen LogP contribution in [0.4, 0.5) is 13.2 Å². The van der Waals surface area contributed by atoms with Crippen molar-refractivity contribution in [3.05, 3.63) is 29.6 Å². The topological polar surface area (TPSA) is 29.9 Å². The molecular formula is C14H16F3N3. The second-order valence-corrected chi connectivity index (χ2v) is 5.68. The van der Waals surface area contributed by atoms with Crippen molar-refractivity contribution in [2.75, 3.05) is 13.1 Å². The van der Waals surface area contributed by atoms with Gasteiger partial charge >= 0.3 is 6.18 Å². The van der Waals surface area contributed by atoms with E-state index in [4.69, 9.17) is 0 Å². The van der Waals surface area contributed by atoms with Crippen LogP contribution in [-0.4, -0.2) is 22.6 Å². The largest absolute Gasteiger partial charge is 0.416 e. The van der Waals surface area contributed by atoms with Gasteiger partial charge in [0.25, 0.3) is 0 Å². The van der Waals surface area contributed by atoms with E-state index in [-0.39, 0.29) is 5.41 Å². The molecule has 20 heavy (non-hydrogen) atoms. The van der Waals surface area contributed by atoms with Crippen molar-refractivity contribution in [3.63, 3.8) is 0 Å². The average Bonchev–Trinajstić information content (AvgIpc) is 2.94. The third kappa shape index (κ3) is 1.98. The molecule has 3 nitrogen and oxygen atoms in total. The third-order valence-corrected chi connectivity index (χ3v) is 4.12. The summed E-state index contributed by atoms with van der Waals surface area (Å²) in [6.07, 6.45) is -3.39. The fourth-order valence-corrected chi connectivity index (χ4v) is 2.92. The SMILES string of the molecule is Cn1c(C2(C)CCNC2)nc2cc(C(F)(F)F)ccc21. The summed E-state index contributed by atoms with van der Waals surface area (Å²) >= 11 is 0. The van der Waals surface area contributed by atoms with Gasteiger partial charge in [-0.1, -0.05) is 6.92 Å². The lowest BCUT2D eigenvalue weighted by molar-refractivity contribution is -0.137. The normalized spacial score (nSPS) is 23.6. The van der Waals surface area contributed by atoms with Gasteiger partial charge in [-0.3, -0.25) is 0 Å². The summed E-state index contributed by atoms with van der Waals surface area (Å²) in [4.78, 5) is 4.46. The minimum atomic E-state index is -4.33. The Labute approximate surface area is 114 Å². The minimum absolute atomic E-state index is 0.119. The van der Waals surface area contributed by atoms with E-state index in [1.54, 1.807) is 0 Å². The molecule has 0 radical (unpaired) electrons. The molecular weight excluding hydrogens is 267 g/mol. The predicted octanol–water partition coefficient (Wildman–Crippen LogP) is 2.84. The van der Waals surface area contributed by atoms with Crippen LogP contribution in [0.2, 0.25) is 0 Å². The van der Waals surface area contributed by atoms with Gasteiger partial charge in [-0.05, 0) is 31.2 Å². The summed E-state index contributed by atoms with van der Waals surface area (Å²) in [5.74, 6) is 0.844. The fraction of sp³-hybridized carbons (Fsp3) is 0.500. The number of rotatable bonds is 1. The van der Waals surface area contributed by atoms with E-state index in [1.807, 2.05) is 11.6 Å². The first-order valence-electron chi connectivity index (χ1n) is 6.56. The van der Waals surface area contributed by atoms with E-state index in [0.29, 0.717) is 5.52 Å². The van der Waals surface area contributed by atoms with E-state index in [2.05, 4.69) is 17.2 Å². The molecule has 1 saturated heterocycles. The smallest absolute Gasteiger partial charge is 0.331 e. The molecule has 0 saturated carbocycles. The maximum atomic E-state index is 12.8. The Morgan fingerprint density at radius 3 is 2.70 bits per heavy atom. The molecule has 1 fully saturated rings. The summed E-state index contributed by atoms with van der Waals surface area (Å²) in [6, 6.07) is 3.74. The summed E-state index contributed by atoms with van der Waals surface area (Å²) in [6.45, 7) is 3.81. The summed E-state index contributed by atoms with van der Waals surface area (Å²) in [5.41, 5.74) is 0.377. The number of aryl methyl sites for hydroxylation is 1. The number of nitrogens with zero attached hydrogens (tertiary/aromatic N) is 2. The third-order valence-electron chi connectivity index (χ3n) is 4.12. The van der Waals surface area contributed by atoms with E-state index < -0.39 is 11.7 Å². The van der Waals surface area contributed by atoms with Crippen molar-refractivity contribution in [2.45, 2.75) is 24.9 Å². The van der Waals surface area contributed by atoms with Crippen LogP contribution in [0, 0.1) is 0 Å². The molecule has 0 spiro atoms. The highest BCUT2D eigenvalue weighted by atomic mass is 19.4. The van der Waals surface area contributed by atoms with Crippen molar-refractivity contribution in [3.8, 4) is 0 Å². The molecule has 1 aliphatic rings. The second-order valence-electron chi connectivity index (χ2n) is 5.68. The number of fused-ring (bicyclic) bond motifs is 1. The zero-order valence-corrected chi connectivity index (χ0v) is 11.4. The van der Waals surface area contributed by atoms with Crippen molar-refractivity contribution in [1.29, 1.82) is 0 Å². The van der Waals surface area contributed by atoms with Crippen molar-refractivity contribution in [1.82, 2.24) is 14.9 Å². The summed E-state index contributed by atoms with van der Waals surface area (Å²) in [7, 11) is 1.86. The molecule has 1 aliphatic heterocycles. The predicted molar refractivity (Wildman–Crippen MR) is 70.6 cm³/mol. The Hall–Kier alpha value is -1.56. The van der Waals surface area contributed by atoms with Gasteiger partial charge in [0.2, 0.25) is 0 Å². The number of alkyl halides is 3. The Bertz CT molecular complexity index is 651. The number of halogens is 3. The monoisotopic (exact) mass is 283 g/mol. The molecule has 1 unspecified atom stereocenters. The molecule has 2 aromatic rings. The Morgan fingerprint density at radius 2 is 2.10 bits per heavy atom. The van der Waals surface area contributed by atoms with Gasteiger partial charge in [0.05, 0.1) is 16.6 Å². The molecule has 1 aromatic carbocycles. The van der Waals surface area contributed by atoms with E-state index >= 15 is 0 Å². The van der Waals surface area contributed by atoms with Crippen LogP contribution in [0.1, 0.15) is 24.7 Å². The first-order chi connectivity index (χ1) is 9.31. The van der Waals surface area contributed by atoms with Crippen LogP contribution in [-0.2, 0) is 18.6 Å². The van der Waals surface area contributed by atoms with Gasteiger partial charge in [-0.15, -0.1) is 0 Å². The first kappa shape index (κ1) is 13.4. The molecule has 0 aliphatic carbocycles. The Balaban J connectivity index is 2.15. The van der Waals surface area contributed by atoms with E-state index in [0.717, 1.165) is 43.0 Å². The zero-order chi connectivity index (χ0) is 14.5. The number of hydrogen-bond donors (Lipinski definition) is 1. The number of imidazole rings is 1. The summed E-state index contributed by atoms with van der Waals surface area (Å²) < 4.78 is 40.2. The maximum Gasteiger partial charge on any atom is 0.416 e. The molecule has 108 valence electrons. The maximum absolute atomic E-state index is 12.8. The molecule has 6 heteroatoms. The molecule has 3 rings (SSSR count). The van der Waals surface area contributed by atoms with Crippen LogP contribution < -0.4 is 5.32 Å². The van der Waals surface area contributed by atoms with Crippen LogP contribution in [0.15, 0.2) is 18.2 Å². The van der Waals surface area contributed by atoms with Crippen molar-refractivity contribution in [2.24, 2.45) is 7.05 Å². The lowest BCUT2D eigenvalue weighted by Crippen LogP contribution is -2.28. The second kappa shape index (κ2) is 4.22. The highest BCUT2D eigenvalue weighted by molar-refractivity contribution is 5.77. The molecule has 0 amide bonds. The van der Waals surface area contributed by atoms with Crippen molar-refractivity contribution < 1.29 is 13.2 Å². The Morgan fingerprint density at radius 1 is 1.35 bits per heavy atom. The van der Waals surface area contributed by atoms with Gasteiger partial charge < -0.3 is 9.88 Å². The van der Waals surface area contributed by atoms with Gasteiger partial charge in [-0.2, -0.15) is 13.2 Å². The number of benzene rings is 1. The van der Waals surface area contributed by atoms with Crippen LogP contribution in [0.5, 0.6) is 0 Å². The zero-order valence-electron chi connectivity index (χ0n) is 11.4. The van der Waals surface area contributed by atoms with Crippen LogP contribution >= 0.6 is 0 Å². The Kier molecular flexibility index (Phi) is 2.83. The number of aromatic nitrogens is 2. The molecule has 0 bridgehead atoms. The lowest BCUT2D eigenvalue weighted by Gasteiger charge is -2.21. The molecule has 1 aromatic heterocycles. The molecule has 2 heterocycles. The van der Waals surface area contributed by atoms with Gasteiger partial charge in [0, 0.05) is 19.0 Å². The van der Waals surface area contributed by atoms with Crippen LogP contribution in [0.3, 0.4) is 0 Å². The average molecular weight is 283 g/mol. The standard InChI is InChI=1S/C14H16F3N3/c1-13(5-6-18-8-13)12-19-10-7-9(14(15,16)17)3-4-11(10)20(12)2/h3-4,7,18H,5-6,8H2,1-2H3. The van der Waals surface area contributed by atoms with Gasteiger partial charge in [0.1, 0.15) is 5.82 Å².